The van der Waals surface area contributed by atoms with Gasteiger partial charge in [-0.1, -0.05) is 37.3 Å². The van der Waals surface area contributed by atoms with Crippen LogP contribution in [0.1, 0.15) is 59.0 Å². The maximum Gasteiger partial charge on any atom is 0.341 e. The fourth-order valence-corrected chi connectivity index (χ4v) is 5.42. The zero-order valence-electron chi connectivity index (χ0n) is 15.8. The van der Waals surface area contributed by atoms with Gasteiger partial charge in [-0.2, -0.15) is 0 Å². The molecule has 1 amide bonds. The molecule has 0 spiro atoms. The van der Waals surface area contributed by atoms with Gasteiger partial charge < -0.3 is 10.1 Å². The predicted molar refractivity (Wildman–Crippen MR) is 107 cm³/mol. The van der Waals surface area contributed by atoms with E-state index in [2.05, 4.69) is 24.4 Å². The lowest BCUT2D eigenvalue weighted by Crippen LogP contribution is -2.18. The lowest BCUT2D eigenvalue weighted by atomic mass is 9.88. The molecule has 2 aliphatic carbocycles. The van der Waals surface area contributed by atoms with Gasteiger partial charge in [0.15, 0.2) is 0 Å². The zero-order chi connectivity index (χ0) is 19.0. The first-order valence-corrected chi connectivity index (χ1v) is 10.6. The van der Waals surface area contributed by atoms with Gasteiger partial charge >= 0.3 is 5.97 Å². The molecule has 1 aromatic carbocycles. The first kappa shape index (κ1) is 18.2. The maximum atomic E-state index is 12.8. The number of esters is 1. The number of carbonyl (C=O) groups excluding carboxylic acids is 2. The van der Waals surface area contributed by atoms with Crippen LogP contribution < -0.4 is 5.32 Å². The van der Waals surface area contributed by atoms with E-state index in [4.69, 9.17) is 4.74 Å². The number of carbonyl (C=O) groups is 2. The Kier molecular flexibility index (Phi) is 5.04. The summed E-state index contributed by atoms with van der Waals surface area (Å²) in [5.41, 5.74) is 2.89. The number of nitrogens with one attached hydrogen (secondary N) is 1. The van der Waals surface area contributed by atoms with Crippen molar-refractivity contribution >= 4 is 28.2 Å². The molecule has 1 saturated carbocycles. The minimum absolute atomic E-state index is 0.0134. The van der Waals surface area contributed by atoms with E-state index in [0.717, 1.165) is 31.2 Å². The largest absolute Gasteiger partial charge is 0.462 e. The van der Waals surface area contributed by atoms with Crippen molar-refractivity contribution in [3.63, 3.8) is 0 Å². The molecule has 2 aromatic rings. The topological polar surface area (TPSA) is 55.4 Å². The molecular weight excluding hydrogens is 358 g/mol. The van der Waals surface area contributed by atoms with Gasteiger partial charge in [0.05, 0.1) is 12.2 Å². The van der Waals surface area contributed by atoms with Crippen LogP contribution in [0.25, 0.3) is 0 Å². The number of benzene rings is 1. The van der Waals surface area contributed by atoms with Crippen LogP contribution in [0.3, 0.4) is 0 Å². The summed E-state index contributed by atoms with van der Waals surface area (Å²) in [4.78, 5) is 26.6. The summed E-state index contributed by atoms with van der Waals surface area (Å²) in [6, 6.07) is 10.2. The minimum Gasteiger partial charge on any atom is -0.462 e. The van der Waals surface area contributed by atoms with Gasteiger partial charge in [0.1, 0.15) is 5.00 Å². The van der Waals surface area contributed by atoms with Gasteiger partial charge in [0, 0.05) is 10.8 Å². The van der Waals surface area contributed by atoms with Crippen LogP contribution in [0.15, 0.2) is 30.3 Å². The molecule has 0 saturated heterocycles. The molecule has 1 fully saturated rings. The Morgan fingerprint density at radius 2 is 2.04 bits per heavy atom. The molecule has 0 unspecified atom stereocenters. The number of hydrogen-bond acceptors (Lipinski definition) is 4. The molecular formula is C22H25NO3S. The molecule has 2 aliphatic rings. The standard InChI is InChI=1S/C22H25NO3S/c1-3-26-22(25)19-15-10-9-13(2)11-18(15)27-21(19)23-20(24)17-12-16(17)14-7-5-4-6-8-14/h4-8,13,16-17H,3,9-12H2,1-2H3,(H,23,24)/t13-,16+,17+/m0/s1. The number of hydrogen-bond donors (Lipinski definition) is 1. The van der Waals surface area contributed by atoms with Crippen LogP contribution in [0.2, 0.25) is 0 Å². The zero-order valence-corrected chi connectivity index (χ0v) is 16.6. The minimum atomic E-state index is -0.310. The van der Waals surface area contributed by atoms with Crippen molar-refractivity contribution in [3.05, 3.63) is 51.9 Å². The average Bonchev–Trinajstić information content (AvgIpc) is 3.38. The van der Waals surface area contributed by atoms with Crippen molar-refractivity contribution in [2.45, 2.75) is 45.4 Å². The summed E-state index contributed by atoms with van der Waals surface area (Å²) in [6.07, 6.45) is 3.79. The molecule has 27 heavy (non-hydrogen) atoms. The Labute approximate surface area is 163 Å². The van der Waals surface area contributed by atoms with E-state index in [9.17, 15) is 9.59 Å². The number of anilines is 1. The fraction of sp³-hybridized carbons (Fsp3) is 0.455. The van der Waals surface area contributed by atoms with Gasteiger partial charge in [0.25, 0.3) is 0 Å². The lowest BCUT2D eigenvalue weighted by molar-refractivity contribution is -0.117. The molecule has 142 valence electrons. The molecule has 5 heteroatoms. The Hall–Kier alpha value is -2.14. The Morgan fingerprint density at radius 1 is 1.26 bits per heavy atom. The predicted octanol–water partition coefficient (Wildman–Crippen LogP) is 4.79. The summed E-state index contributed by atoms with van der Waals surface area (Å²) in [7, 11) is 0. The molecule has 1 N–H and O–H groups in total. The second-order valence-corrected chi connectivity index (χ2v) is 8.73. The summed E-state index contributed by atoms with van der Waals surface area (Å²) in [6.45, 7) is 4.39. The van der Waals surface area contributed by atoms with Crippen LogP contribution >= 0.6 is 11.3 Å². The number of thiophene rings is 1. The van der Waals surface area contributed by atoms with Crippen molar-refractivity contribution < 1.29 is 14.3 Å². The second kappa shape index (κ2) is 7.47. The van der Waals surface area contributed by atoms with Gasteiger partial charge in [-0.05, 0) is 55.6 Å². The van der Waals surface area contributed by atoms with Crippen molar-refractivity contribution in [2.24, 2.45) is 11.8 Å². The van der Waals surface area contributed by atoms with E-state index in [1.54, 1.807) is 11.3 Å². The van der Waals surface area contributed by atoms with Gasteiger partial charge in [0.2, 0.25) is 5.91 Å². The highest BCUT2D eigenvalue weighted by Crippen LogP contribution is 2.48. The van der Waals surface area contributed by atoms with Gasteiger partial charge in [-0.3, -0.25) is 4.79 Å². The third-order valence-electron chi connectivity index (χ3n) is 5.58. The molecule has 3 atom stereocenters. The van der Waals surface area contributed by atoms with Crippen LogP contribution in [-0.4, -0.2) is 18.5 Å². The smallest absolute Gasteiger partial charge is 0.341 e. The quantitative estimate of drug-likeness (QED) is 0.755. The Balaban J connectivity index is 1.55. The maximum absolute atomic E-state index is 12.8. The molecule has 0 aliphatic heterocycles. The van der Waals surface area contributed by atoms with Crippen LogP contribution in [-0.2, 0) is 22.4 Å². The van der Waals surface area contributed by atoms with E-state index >= 15 is 0 Å². The van der Waals surface area contributed by atoms with Crippen molar-refractivity contribution in [1.82, 2.24) is 0 Å². The van der Waals surface area contributed by atoms with Crippen LogP contribution in [0.5, 0.6) is 0 Å². The summed E-state index contributed by atoms with van der Waals surface area (Å²) >= 11 is 1.56. The highest BCUT2D eigenvalue weighted by molar-refractivity contribution is 7.17. The number of ether oxygens (including phenoxy) is 1. The third kappa shape index (κ3) is 3.65. The second-order valence-electron chi connectivity index (χ2n) is 7.62. The fourth-order valence-electron chi connectivity index (χ4n) is 4.02. The number of fused-ring (bicyclic) bond motifs is 1. The summed E-state index contributed by atoms with van der Waals surface area (Å²) in [5, 5.41) is 3.74. The van der Waals surface area contributed by atoms with Crippen molar-refractivity contribution in [3.8, 4) is 0 Å². The van der Waals surface area contributed by atoms with Gasteiger partial charge in [-0.15, -0.1) is 11.3 Å². The van der Waals surface area contributed by atoms with E-state index < -0.39 is 0 Å². The Bertz CT molecular complexity index is 858. The van der Waals surface area contributed by atoms with Crippen LogP contribution in [0, 0.1) is 11.8 Å². The lowest BCUT2D eigenvalue weighted by Gasteiger charge is -2.18. The first-order valence-electron chi connectivity index (χ1n) is 9.76. The molecule has 1 heterocycles. The summed E-state index contributed by atoms with van der Waals surface area (Å²) < 4.78 is 5.28. The van der Waals surface area contributed by atoms with E-state index in [-0.39, 0.29) is 23.7 Å². The highest BCUT2D eigenvalue weighted by Gasteiger charge is 2.44. The normalized spacial score (nSPS) is 23.4. The van der Waals surface area contributed by atoms with E-state index in [1.807, 2.05) is 25.1 Å². The summed E-state index contributed by atoms with van der Waals surface area (Å²) in [5.74, 6) is 0.587. The first-order chi connectivity index (χ1) is 13.1. The average molecular weight is 384 g/mol. The monoisotopic (exact) mass is 383 g/mol. The SMILES string of the molecule is CCOC(=O)c1c(NC(=O)[C@@H]2C[C@@H]2c2ccccc2)sc2c1CC[C@H](C)C2. The van der Waals surface area contributed by atoms with Gasteiger partial charge in [-0.25, -0.2) is 4.79 Å². The third-order valence-corrected chi connectivity index (χ3v) is 6.75. The molecule has 1 aromatic heterocycles. The van der Waals surface area contributed by atoms with Crippen molar-refractivity contribution in [2.75, 3.05) is 11.9 Å². The molecule has 4 rings (SSSR count). The molecule has 0 bridgehead atoms. The molecule has 4 nitrogen and oxygen atoms in total. The van der Waals surface area contributed by atoms with E-state index in [1.165, 1.54) is 10.4 Å². The van der Waals surface area contributed by atoms with Crippen molar-refractivity contribution in [1.29, 1.82) is 0 Å². The highest BCUT2D eigenvalue weighted by atomic mass is 32.1. The van der Waals surface area contributed by atoms with E-state index in [0.29, 0.717) is 23.1 Å². The molecule has 0 radical (unpaired) electrons. The number of amides is 1. The number of rotatable bonds is 5. The van der Waals surface area contributed by atoms with Crippen LogP contribution in [0.4, 0.5) is 5.00 Å². The Morgan fingerprint density at radius 3 is 2.78 bits per heavy atom.